The van der Waals surface area contributed by atoms with Crippen LogP contribution in [0.4, 0.5) is 13.2 Å². The predicted octanol–water partition coefficient (Wildman–Crippen LogP) is 2.14. The van der Waals surface area contributed by atoms with Gasteiger partial charge in [0.1, 0.15) is 0 Å². The largest absolute Gasteiger partial charge is 0.416 e. The molecule has 2 rings (SSSR count). The van der Waals surface area contributed by atoms with Gasteiger partial charge in [0.15, 0.2) is 0 Å². The first-order valence-corrected chi connectivity index (χ1v) is 8.03. The molecular formula is C13H16F3NO3S. The number of benzene rings is 1. The highest BCUT2D eigenvalue weighted by Crippen LogP contribution is 2.33. The van der Waals surface area contributed by atoms with Crippen LogP contribution < -0.4 is 4.72 Å². The third kappa shape index (κ3) is 4.42. The Kier molecular flexibility index (Phi) is 4.60. The lowest BCUT2D eigenvalue weighted by Gasteiger charge is -2.11. The maximum Gasteiger partial charge on any atom is 0.416 e. The Labute approximate surface area is 121 Å². The van der Waals surface area contributed by atoms with E-state index in [0.29, 0.717) is 6.42 Å². The molecule has 0 saturated heterocycles. The summed E-state index contributed by atoms with van der Waals surface area (Å²) in [6.07, 6.45) is -2.82. The molecule has 0 aromatic heterocycles. The molecule has 0 unspecified atom stereocenters. The maximum atomic E-state index is 12.4. The zero-order chi connectivity index (χ0) is 15.7. The van der Waals surface area contributed by atoms with E-state index in [4.69, 9.17) is 0 Å². The van der Waals surface area contributed by atoms with Gasteiger partial charge in [-0.3, -0.25) is 0 Å². The van der Waals surface area contributed by atoms with Crippen molar-refractivity contribution in [3.8, 4) is 0 Å². The predicted molar refractivity (Wildman–Crippen MR) is 70.0 cm³/mol. The van der Waals surface area contributed by atoms with E-state index in [2.05, 4.69) is 4.72 Å². The Morgan fingerprint density at radius 1 is 1.24 bits per heavy atom. The van der Waals surface area contributed by atoms with Gasteiger partial charge in [-0.2, -0.15) is 13.2 Å². The van der Waals surface area contributed by atoms with Crippen molar-refractivity contribution in [3.05, 3.63) is 29.8 Å². The van der Waals surface area contributed by atoms with Crippen LogP contribution in [0, 0.1) is 5.92 Å². The zero-order valence-corrected chi connectivity index (χ0v) is 11.9. The summed E-state index contributed by atoms with van der Waals surface area (Å²) in [5, 5.41) is 9.62. The van der Waals surface area contributed by atoms with Gasteiger partial charge in [0, 0.05) is 6.54 Å². The second-order valence-electron chi connectivity index (χ2n) is 5.11. The molecule has 0 spiro atoms. The van der Waals surface area contributed by atoms with Crippen LogP contribution in [0.5, 0.6) is 0 Å². The summed E-state index contributed by atoms with van der Waals surface area (Å²) in [5.41, 5.74) is -0.898. The molecule has 1 atom stereocenters. The van der Waals surface area contributed by atoms with E-state index in [-0.39, 0.29) is 17.4 Å². The normalized spacial score (nSPS) is 17.7. The summed E-state index contributed by atoms with van der Waals surface area (Å²) in [5.74, 6) is 0.251. The average Bonchev–Trinajstić information content (AvgIpc) is 3.22. The van der Waals surface area contributed by atoms with Crippen LogP contribution in [0.1, 0.15) is 24.8 Å². The van der Waals surface area contributed by atoms with E-state index < -0.39 is 27.9 Å². The first-order chi connectivity index (χ1) is 9.70. The fraction of sp³-hybridized carbons (Fsp3) is 0.538. The molecular weight excluding hydrogens is 307 g/mol. The van der Waals surface area contributed by atoms with E-state index in [9.17, 15) is 26.7 Å². The van der Waals surface area contributed by atoms with Gasteiger partial charge in [-0.05, 0) is 49.4 Å². The van der Waals surface area contributed by atoms with Crippen molar-refractivity contribution in [2.45, 2.75) is 36.4 Å². The van der Waals surface area contributed by atoms with Crippen LogP contribution in [-0.2, 0) is 16.2 Å². The molecule has 4 nitrogen and oxygen atoms in total. The summed E-state index contributed by atoms with van der Waals surface area (Å²) in [4.78, 5) is -0.226. The minimum absolute atomic E-state index is 0.0566. The number of hydrogen-bond acceptors (Lipinski definition) is 3. The minimum atomic E-state index is -4.50. The van der Waals surface area contributed by atoms with Gasteiger partial charge in [0.05, 0.1) is 16.6 Å². The zero-order valence-electron chi connectivity index (χ0n) is 11.1. The number of nitrogens with one attached hydrogen (secondary N) is 1. The SMILES string of the molecule is O=S(=O)(NCC[C@@H](O)C1CC1)c1ccc(C(F)(F)F)cc1. The number of aliphatic hydroxyl groups excluding tert-OH is 1. The maximum absolute atomic E-state index is 12.4. The summed E-state index contributed by atoms with van der Waals surface area (Å²) in [6, 6.07) is 3.30. The molecule has 1 aliphatic carbocycles. The highest BCUT2D eigenvalue weighted by molar-refractivity contribution is 7.89. The smallest absolute Gasteiger partial charge is 0.393 e. The summed E-state index contributed by atoms with van der Waals surface area (Å²) in [6.45, 7) is 0.0566. The second kappa shape index (κ2) is 5.94. The molecule has 1 aliphatic rings. The van der Waals surface area contributed by atoms with E-state index in [0.717, 1.165) is 37.1 Å². The van der Waals surface area contributed by atoms with Gasteiger partial charge in [-0.15, -0.1) is 0 Å². The quantitative estimate of drug-likeness (QED) is 0.843. The average molecular weight is 323 g/mol. The second-order valence-corrected chi connectivity index (χ2v) is 6.88. The fourth-order valence-corrected chi connectivity index (χ4v) is 3.01. The van der Waals surface area contributed by atoms with Crippen LogP contribution in [0.3, 0.4) is 0 Å². The topological polar surface area (TPSA) is 66.4 Å². The number of rotatable bonds is 6. The summed E-state index contributed by atoms with van der Waals surface area (Å²) < 4.78 is 63.2. The van der Waals surface area contributed by atoms with Crippen molar-refractivity contribution >= 4 is 10.0 Å². The van der Waals surface area contributed by atoms with Crippen LogP contribution in [-0.4, -0.2) is 26.2 Å². The minimum Gasteiger partial charge on any atom is -0.393 e. The number of aliphatic hydroxyl groups is 1. The monoisotopic (exact) mass is 323 g/mol. The van der Waals surface area contributed by atoms with Crippen molar-refractivity contribution in [2.24, 2.45) is 5.92 Å². The summed E-state index contributed by atoms with van der Waals surface area (Å²) >= 11 is 0. The Hall–Kier alpha value is -1.12. The van der Waals surface area contributed by atoms with Crippen molar-refractivity contribution in [1.29, 1.82) is 0 Å². The van der Waals surface area contributed by atoms with Gasteiger partial charge >= 0.3 is 6.18 Å². The van der Waals surface area contributed by atoms with Crippen LogP contribution in [0.25, 0.3) is 0 Å². The molecule has 1 fully saturated rings. The highest BCUT2D eigenvalue weighted by Gasteiger charge is 2.31. The fourth-order valence-electron chi connectivity index (χ4n) is 1.96. The van der Waals surface area contributed by atoms with Gasteiger partial charge in [0.25, 0.3) is 0 Å². The van der Waals surface area contributed by atoms with Gasteiger partial charge in [-0.25, -0.2) is 13.1 Å². The Balaban J connectivity index is 1.95. The number of alkyl halides is 3. The number of halogens is 3. The van der Waals surface area contributed by atoms with Crippen molar-refractivity contribution in [2.75, 3.05) is 6.54 Å². The van der Waals surface area contributed by atoms with Gasteiger partial charge in [0.2, 0.25) is 10.0 Å². The van der Waals surface area contributed by atoms with Gasteiger partial charge in [-0.1, -0.05) is 0 Å². The van der Waals surface area contributed by atoms with Crippen LogP contribution >= 0.6 is 0 Å². The van der Waals surface area contributed by atoms with Crippen molar-refractivity contribution < 1.29 is 26.7 Å². The molecule has 1 aromatic carbocycles. The standard InChI is InChI=1S/C13H16F3NO3S/c14-13(15,16)10-3-5-11(6-4-10)21(19,20)17-8-7-12(18)9-1-2-9/h3-6,9,12,17-18H,1-2,7-8H2/t12-/m1/s1. The molecule has 2 N–H and O–H groups in total. The molecule has 0 aliphatic heterocycles. The van der Waals surface area contributed by atoms with E-state index in [1.54, 1.807) is 0 Å². The molecule has 0 bridgehead atoms. The lowest BCUT2D eigenvalue weighted by atomic mass is 10.2. The third-order valence-corrected chi connectivity index (χ3v) is 4.87. The Bertz CT molecular complexity index is 580. The molecule has 8 heteroatoms. The number of sulfonamides is 1. The molecule has 118 valence electrons. The highest BCUT2D eigenvalue weighted by atomic mass is 32.2. The molecule has 1 saturated carbocycles. The van der Waals surface area contributed by atoms with E-state index in [1.165, 1.54) is 0 Å². The first kappa shape index (κ1) is 16.3. The van der Waals surface area contributed by atoms with Crippen LogP contribution in [0.2, 0.25) is 0 Å². The van der Waals surface area contributed by atoms with E-state index >= 15 is 0 Å². The van der Waals surface area contributed by atoms with E-state index in [1.807, 2.05) is 0 Å². The van der Waals surface area contributed by atoms with Gasteiger partial charge < -0.3 is 5.11 Å². The van der Waals surface area contributed by atoms with Crippen molar-refractivity contribution in [3.63, 3.8) is 0 Å². The molecule has 1 aromatic rings. The lowest BCUT2D eigenvalue weighted by Crippen LogP contribution is -2.28. The van der Waals surface area contributed by atoms with Crippen LogP contribution in [0.15, 0.2) is 29.2 Å². The molecule has 0 radical (unpaired) electrons. The lowest BCUT2D eigenvalue weighted by molar-refractivity contribution is -0.137. The number of hydrogen-bond donors (Lipinski definition) is 2. The van der Waals surface area contributed by atoms with Crippen molar-refractivity contribution in [1.82, 2.24) is 4.72 Å². The molecule has 21 heavy (non-hydrogen) atoms. The third-order valence-electron chi connectivity index (χ3n) is 3.39. The molecule has 0 amide bonds. The Morgan fingerprint density at radius 2 is 1.81 bits per heavy atom. The summed E-state index contributed by atoms with van der Waals surface area (Å²) in [7, 11) is -3.85. The molecule has 0 heterocycles. The Morgan fingerprint density at radius 3 is 2.29 bits per heavy atom. The first-order valence-electron chi connectivity index (χ1n) is 6.55.